The third kappa shape index (κ3) is 2.46. The van der Waals surface area contributed by atoms with Gasteiger partial charge in [0.05, 0.1) is 17.2 Å². The Kier molecular flexibility index (Phi) is 2.78. The molecule has 1 atom stereocenters. The highest BCUT2D eigenvalue weighted by Crippen LogP contribution is 2.28. The smallest absolute Gasteiger partial charge is 0.224 e. The number of ether oxygens (including phenoxy) is 1. The predicted molar refractivity (Wildman–Crippen MR) is 72.8 cm³/mol. The van der Waals surface area contributed by atoms with Gasteiger partial charge in [-0.2, -0.15) is 15.1 Å². The zero-order chi connectivity index (χ0) is 13.5. The molecule has 7 nitrogen and oxygen atoms in total. The summed E-state index contributed by atoms with van der Waals surface area (Å²) < 4.78 is 5.71. The number of anilines is 2. The molecule has 1 unspecified atom stereocenters. The lowest BCUT2D eigenvalue weighted by Gasteiger charge is -2.36. The van der Waals surface area contributed by atoms with Crippen LogP contribution in [0, 0.1) is 0 Å². The second-order valence-electron chi connectivity index (χ2n) is 5.50. The zero-order valence-electron chi connectivity index (χ0n) is 11.1. The van der Waals surface area contributed by atoms with Gasteiger partial charge in [0.2, 0.25) is 5.95 Å². The van der Waals surface area contributed by atoms with E-state index in [9.17, 15) is 0 Å². The van der Waals surface area contributed by atoms with Crippen LogP contribution < -0.4 is 11.1 Å². The minimum Gasteiger partial charge on any atom is -0.375 e. The second-order valence-corrected chi connectivity index (χ2v) is 5.50. The molecule has 1 aliphatic rings. The van der Waals surface area contributed by atoms with Crippen LogP contribution in [0.15, 0.2) is 6.20 Å². The molecule has 0 spiro atoms. The van der Waals surface area contributed by atoms with Gasteiger partial charge in [0.1, 0.15) is 5.82 Å². The summed E-state index contributed by atoms with van der Waals surface area (Å²) >= 11 is 0. The van der Waals surface area contributed by atoms with Crippen molar-refractivity contribution >= 4 is 22.8 Å². The van der Waals surface area contributed by atoms with E-state index in [1.807, 2.05) is 0 Å². The van der Waals surface area contributed by atoms with E-state index in [0.29, 0.717) is 11.7 Å². The average molecular weight is 262 g/mol. The van der Waals surface area contributed by atoms with E-state index in [1.165, 1.54) is 0 Å². The van der Waals surface area contributed by atoms with Crippen molar-refractivity contribution in [3.8, 4) is 0 Å². The third-order valence-electron chi connectivity index (χ3n) is 3.36. The molecule has 19 heavy (non-hydrogen) atoms. The van der Waals surface area contributed by atoms with Gasteiger partial charge >= 0.3 is 0 Å². The molecule has 0 amide bonds. The third-order valence-corrected chi connectivity index (χ3v) is 3.36. The molecule has 3 rings (SSSR count). The minimum atomic E-state index is -0.107. The number of nitrogens with zero attached hydrogens (tertiary/aromatic N) is 3. The molecule has 0 aliphatic carbocycles. The van der Waals surface area contributed by atoms with Gasteiger partial charge < -0.3 is 15.8 Å². The summed E-state index contributed by atoms with van der Waals surface area (Å²) in [6, 6.07) is 0.316. The summed E-state index contributed by atoms with van der Waals surface area (Å²) in [6.45, 7) is 4.95. The van der Waals surface area contributed by atoms with Crippen LogP contribution in [-0.2, 0) is 4.74 Å². The lowest BCUT2D eigenvalue weighted by molar-refractivity contribution is -0.0553. The van der Waals surface area contributed by atoms with E-state index in [4.69, 9.17) is 10.5 Å². The minimum absolute atomic E-state index is 0.107. The van der Waals surface area contributed by atoms with Crippen molar-refractivity contribution in [2.45, 2.75) is 38.3 Å². The summed E-state index contributed by atoms with van der Waals surface area (Å²) in [4.78, 5) is 8.37. The first kappa shape index (κ1) is 12.2. The fraction of sp³-hybridized carbons (Fsp3) is 0.583. The van der Waals surface area contributed by atoms with Crippen LogP contribution in [0.1, 0.15) is 26.7 Å². The van der Waals surface area contributed by atoms with E-state index in [0.717, 1.165) is 30.7 Å². The highest BCUT2D eigenvalue weighted by molar-refractivity contribution is 5.86. The van der Waals surface area contributed by atoms with Crippen LogP contribution in [0.25, 0.3) is 11.0 Å². The fourth-order valence-corrected chi connectivity index (χ4v) is 2.51. The number of aromatic nitrogens is 4. The van der Waals surface area contributed by atoms with Gasteiger partial charge in [-0.3, -0.25) is 5.10 Å². The van der Waals surface area contributed by atoms with Crippen molar-refractivity contribution in [2.75, 3.05) is 17.7 Å². The molecule has 3 heterocycles. The molecular formula is C12H18N6O. The van der Waals surface area contributed by atoms with Crippen LogP contribution in [0.4, 0.5) is 11.8 Å². The summed E-state index contributed by atoms with van der Waals surface area (Å²) in [6.07, 6.45) is 3.59. The highest BCUT2D eigenvalue weighted by Gasteiger charge is 2.29. The van der Waals surface area contributed by atoms with Gasteiger partial charge in [0.25, 0.3) is 0 Å². The molecule has 0 bridgehead atoms. The van der Waals surface area contributed by atoms with E-state index in [1.54, 1.807) is 6.20 Å². The lowest BCUT2D eigenvalue weighted by atomic mass is 9.94. The standard InChI is InChI=1S/C12H18N6O/c1-12(2)5-7(3-4-19-12)15-9-8-6-14-18-10(8)17-11(13)16-9/h6-7H,3-5H2,1-2H3,(H4,13,14,15,16,17,18). The summed E-state index contributed by atoms with van der Waals surface area (Å²) in [5, 5.41) is 11.1. The number of nitrogen functional groups attached to an aromatic ring is 1. The fourth-order valence-electron chi connectivity index (χ4n) is 2.51. The number of H-pyrrole nitrogens is 1. The first-order chi connectivity index (χ1) is 9.03. The van der Waals surface area contributed by atoms with E-state index in [2.05, 4.69) is 39.3 Å². The van der Waals surface area contributed by atoms with Gasteiger partial charge in [0, 0.05) is 12.6 Å². The molecule has 1 saturated heterocycles. The Bertz CT molecular complexity index is 593. The Morgan fingerprint density at radius 2 is 2.32 bits per heavy atom. The maximum Gasteiger partial charge on any atom is 0.224 e. The summed E-state index contributed by atoms with van der Waals surface area (Å²) in [7, 11) is 0. The number of aromatic amines is 1. The van der Waals surface area contributed by atoms with Crippen LogP contribution in [0.2, 0.25) is 0 Å². The van der Waals surface area contributed by atoms with E-state index < -0.39 is 0 Å². The molecule has 102 valence electrons. The quantitative estimate of drug-likeness (QED) is 0.754. The van der Waals surface area contributed by atoms with Crippen molar-refractivity contribution in [1.82, 2.24) is 20.2 Å². The van der Waals surface area contributed by atoms with Gasteiger partial charge in [-0.1, -0.05) is 0 Å². The molecule has 2 aromatic rings. The molecule has 0 saturated carbocycles. The number of rotatable bonds is 2. The molecule has 1 fully saturated rings. The Morgan fingerprint density at radius 1 is 1.47 bits per heavy atom. The number of hydrogen-bond donors (Lipinski definition) is 3. The van der Waals surface area contributed by atoms with Crippen molar-refractivity contribution in [3.05, 3.63) is 6.20 Å². The molecule has 1 aliphatic heterocycles. The van der Waals surface area contributed by atoms with Crippen LogP contribution in [0.3, 0.4) is 0 Å². The van der Waals surface area contributed by atoms with Crippen molar-refractivity contribution < 1.29 is 4.74 Å². The van der Waals surface area contributed by atoms with Crippen LogP contribution in [-0.4, -0.2) is 38.4 Å². The topological polar surface area (TPSA) is 102 Å². The lowest BCUT2D eigenvalue weighted by Crippen LogP contribution is -2.40. The maximum absolute atomic E-state index is 5.71. The molecule has 0 radical (unpaired) electrons. The SMILES string of the molecule is CC1(C)CC(Nc2nc(N)nc3[nH]ncc23)CCO1. The first-order valence-electron chi connectivity index (χ1n) is 6.41. The molecule has 4 N–H and O–H groups in total. The van der Waals surface area contributed by atoms with Crippen LogP contribution >= 0.6 is 0 Å². The van der Waals surface area contributed by atoms with Gasteiger partial charge in [-0.15, -0.1) is 0 Å². The Hall–Kier alpha value is -1.89. The molecular weight excluding hydrogens is 244 g/mol. The predicted octanol–water partition coefficient (Wildman–Crippen LogP) is 1.30. The van der Waals surface area contributed by atoms with E-state index in [-0.39, 0.29) is 11.5 Å². The monoisotopic (exact) mass is 262 g/mol. The Labute approximate surface area is 111 Å². The maximum atomic E-state index is 5.71. The number of hydrogen-bond acceptors (Lipinski definition) is 6. The summed E-state index contributed by atoms with van der Waals surface area (Å²) in [5.74, 6) is 0.976. The molecule has 7 heteroatoms. The van der Waals surface area contributed by atoms with Gasteiger partial charge in [0.15, 0.2) is 5.65 Å². The average Bonchev–Trinajstić information content (AvgIpc) is 2.75. The van der Waals surface area contributed by atoms with E-state index >= 15 is 0 Å². The largest absolute Gasteiger partial charge is 0.375 e. The van der Waals surface area contributed by atoms with Gasteiger partial charge in [-0.05, 0) is 26.7 Å². The summed E-state index contributed by atoms with van der Waals surface area (Å²) in [5.41, 5.74) is 6.25. The molecule has 2 aromatic heterocycles. The Morgan fingerprint density at radius 3 is 3.11 bits per heavy atom. The van der Waals surface area contributed by atoms with Gasteiger partial charge in [-0.25, -0.2) is 0 Å². The Balaban J connectivity index is 1.86. The number of nitrogens with two attached hydrogens (primary N) is 1. The van der Waals surface area contributed by atoms with Crippen molar-refractivity contribution in [1.29, 1.82) is 0 Å². The highest BCUT2D eigenvalue weighted by atomic mass is 16.5. The first-order valence-corrected chi connectivity index (χ1v) is 6.41. The zero-order valence-corrected chi connectivity index (χ0v) is 11.1. The number of fused-ring (bicyclic) bond motifs is 1. The normalized spacial score (nSPS) is 22.5. The van der Waals surface area contributed by atoms with Crippen molar-refractivity contribution in [2.24, 2.45) is 0 Å². The number of nitrogens with one attached hydrogen (secondary N) is 2. The molecule has 0 aromatic carbocycles. The van der Waals surface area contributed by atoms with Crippen LogP contribution in [0.5, 0.6) is 0 Å². The second kappa shape index (κ2) is 4.34. The van der Waals surface area contributed by atoms with Crippen molar-refractivity contribution in [3.63, 3.8) is 0 Å².